The molecule has 0 radical (unpaired) electrons. The Kier molecular flexibility index (Phi) is 4.85. The Morgan fingerprint density at radius 2 is 2.20 bits per heavy atom. The molecule has 0 aromatic heterocycles. The van der Waals surface area contributed by atoms with Crippen LogP contribution in [0, 0.1) is 0 Å². The Labute approximate surface area is 66.3 Å². The average molecular weight is 159 g/mol. The first-order chi connectivity index (χ1) is 4.70. The van der Waals surface area contributed by atoms with E-state index in [2.05, 4.69) is 16.7 Å². The van der Waals surface area contributed by atoms with E-state index in [1.165, 1.54) is 0 Å². The number of hydrogen-bond acceptors (Lipinski definition) is 1. The molecule has 0 N–H and O–H groups in total. The molecular weight excluding hydrogens is 148 g/mol. The first kappa shape index (κ1) is 9.37. The lowest BCUT2D eigenvalue weighted by Crippen LogP contribution is -1.82. The van der Waals surface area contributed by atoms with Crippen LogP contribution in [0.5, 0.6) is 0 Å². The molecule has 0 spiro atoms. The van der Waals surface area contributed by atoms with Crippen LogP contribution in [-0.4, -0.2) is 18.4 Å². The van der Waals surface area contributed by atoms with Crippen LogP contribution in [0.2, 0.25) is 0 Å². The lowest BCUT2D eigenvalue weighted by molar-refractivity contribution is 1.33. The van der Waals surface area contributed by atoms with Crippen LogP contribution in [0.3, 0.4) is 0 Å². The summed E-state index contributed by atoms with van der Waals surface area (Å²) in [4.78, 5) is 7.56. The van der Waals surface area contributed by atoms with E-state index >= 15 is 0 Å². The van der Waals surface area contributed by atoms with Gasteiger partial charge in [0, 0.05) is 12.1 Å². The van der Waals surface area contributed by atoms with Gasteiger partial charge in [0.25, 0.3) is 0 Å². The zero-order valence-corrected chi connectivity index (χ0v) is 7.02. The summed E-state index contributed by atoms with van der Waals surface area (Å²) in [6, 6.07) is 0. The van der Waals surface area contributed by atoms with Crippen molar-refractivity contribution in [1.29, 1.82) is 0 Å². The molecule has 0 aromatic carbocycles. The quantitative estimate of drug-likeness (QED) is 0.335. The van der Waals surface area contributed by atoms with Crippen molar-refractivity contribution in [2.75, 3.05) is 5.88 Å². The van der Waals surface area contributed by atoms with Gasteiger partial charge in [-0.3, -0.25) is 0 Å². The van der Waals surface area contributed by atoms with Gasteiger partial charge >= 0.3 is 0 Å². The van der Waals surface area contributed by atoms with Crippen molar-refractivity contribution < 1.29 is 0 Å². The fourth-order valence-corrected chi connectivity index (χ4v) is 0.348. The van der Waals surface area contributed by atoms with E-state index in [0.717, 1.165) is 5.57 Å². The molecule has 0 aliphatic rings. The number of nitrogens with zero attached hydrogens (tertiary/aromatic N) is 2. The molecule has 0 atom stereocenters. The fourth-order valence-electron chi connectivity index (χ4n) is 0.279. The van der Waals surface area contributed by atoms with Crippen LogP contribution < -0.4 is 0 Å². The normalized spacial score (nSPS) is 13.5. The monoisotopic (exact) mass is 158 g/mol. The predicted molar refractivity (Wildman–Crippen MR) is 47.1 cm³/mol. The number of allylic oxidation sites excluding steroid dienone is 1. The number of alkyl halides is 1. The second-order valence-electron chi connectivity index (χ2n) is 1.94. The molecular formula is C7H11ClN2. The number of amidine groups is 1. The minimum absolute atomic E-state index is 0.508. The SMILES string of the molecule is C=NC(C)=N/C=C(\C)CCl. The molecule has 56 valence electrons. The standard InChI is InChI=1S/C7H11ClN2/c1-6(4-8)5-10-7(2)9-3/h5H,3-4H2,1-2H3/b6-5+,10-7?. The summed E-state index contributed by atoms with van der Waals surface area (Å²) >= 11 is 5.49. The van der Waals surface area contributed by atoms with Crippen molar-refractivity contribution in [3.63, 3.8) is 0 Å². The second-order valence-corrected chi connectivity index (χ2v) is 2.21. The topological polar surface area (TPSA) is 24.7 Å². The molecule has 0 saturated carbocycles. The molecule has 2 nitrogen and oxygen atoms in total. The average Bonchev–Trinajstić information content (AvgIpc) is 1.99. The van der Waals surface area contributed by atoms with Gasteiger partial charge < -0.3 is 0 Å². The summed E-state index contributed by atoms with van der Waals surface area (Å²) in [7, 11) is 0. The zero-order valence-electron chi connectivity index (χ0n) is 6.26. The lowest BCUT2D eigenvalue weighted by Gasteiger charge is -1.88. The third-order valence-corrected chi connectivity index (χ3v) is 1.33. The second kappa shape index (κ2) is 5.18. The number of hydrogen-bond donors (Lipinski definition) is 0. The van der Waals surface area contributed by atoms with Crippen molar-refractivity contribution in [2.45, 2.75) is 13.8 Å². The van der Waals surface area contributed by atoms with Crippen molar-refractivity contribution >= 4 is 24.2 Å². The lowest BCUT2D eigenvalue weighted by atomic mass is 10.4. The van der Waals surface area contributed by atoms with Crippen LogP contribution in [-0.2, 0) is 0 Å². The maximum Gasteiger partial charge on any atom is 0.124 e. The third kappa shape index (κ3) is 4.27. The van der Waals surface area contributed by atoms with Gasteiger partial charge in [0.2, 0.25) is 0 Å². The Morgan fingerprint density at radius 3 is 2.60 bits per heavy atom. The molecule has 0 unspecified atom stereocenters. The maximum absolute atomic E-state index is 5.49. The summed E-state index contributed by atoms with van der Waals surface area (Å²) in [5.74, 6) is 1.16. The largest absolute Gasteiger partial charge is 0.250 e. The van der Waals surface area contributed by atoms with Gasteiger partial charge in [-0.15, -0.1) is 11.6 Å². The van der Waals surface area contributed by atoms with E-state index in [0.29, 0.717) is 11.7 Å². The van der Waals surface area contributed by atoms with Gasteiger partial charge in [-0.2, -0.15) is 0 Å². The van der Waals surface area contributed by atoms with Crippen molar-refractivity contribution in [3.8, 4) is 0 Å². The molecule has 0 rings (SSSR count). The highest BCUT2D eigenvalue weighted by Gasteiger charge is 1.82. The summed E-state index contributed by atoms with van der Waals surface area (Å²) in [5.41, 5.74) is 1.02. The Hall–Kier alpha value is -0.630. The van der Waals surface area contributed by atoms with Crippen molar-refractivity contribution in [2.24, 2.45) is 9.98 Å². The summed E-state index contributed by atoms with van der Waals surface area (Å²) in [6.45, 7) is 7.01. The van der Waals surface area contributed by atoms with E-state index in [-0.39, 0.29) is 0 Å². The maximum atomic E-state index is 5.49. The molecule has 0 bridgehead atoms. The summed E-state index contributed by atoms with van der Waals surface area (Å²) in [6.07, 6.45) is 1.69. The molecule has 0 aliphatic carbocycles. The van der Waals surface area contributed by atoms with E-state index in [1.54, 1.807) is 13.1 Å². The first-order valence-electron chi connectivity index (χ1n) is 2.93. The Balaban J connectivity index is 4.03. The van der Waals surface area contributed by atoms with Crippen LogP contribution in [0.25, 0.3) is 0 Å². The van der Waals surface area contributed by atoms with Crippen LogP contribution in [0.4, 0.5) is 0 Å². The molecule has 0 saturated heterocycles. The fraction of sp³-hybridized carbons (Fsp3) is 0.429. The van der Waals surface area contributed by atoms with E-state index in [9.17, 15) is 0 Å². The zero-order chi connectivity index (χ0) is 7.98. The minimum Gasteiger partial charge on any atom is -0.250 e. The highest BCUT2D eigenvalue weighted by atomic mass is 35.5. The first-order valence-corrected chi connectivity index (χ1v) is 3.47. The van der Waals surface area contributed by atoms with Gasteiger partial charge in [0.05, 0.1) is 0 Å². The molecule has 3 heteroatoms. The molecule has 0 aliphatic heterocycles. The predicted octanol–water partition coefficient (Wildman–Crippen LogP) is 2.25. The van der Waals surface area contributed by atoms with Crippen LogP contribution >= 0.6 is 11.6 Å². The van der Waals surface area contributed by atoms with Crippen LogP contribution in [0.15, 0.2) is 21.8 Å². The molecule has 0 heterocycles. The third-order valence-electron chi connectivity index (χ3n) is 0.911. The highest BCUT2D eigenvalue weighted by molar-refractivity contribution is 6.19. The van der Waals surface area contributed by atoms with Crippen molar-refractivity contribution in [3.05, 3.63) is 11.8 Å². The minimum atomic E-state index is 0.508. The van der Waals surface area contributed by atoms with Gasteiger partial charge in [-0.05, 0) is 26.1 Å². The number of aliphatic imine (C=N–C) groups is 2. The number of halogens is 1. The Morgan fingerprint density at radius 1 is 1.60 bits per heavy atom. The van der Waals surface area contributed by atoms with Crippen LogP contribution in [0.1, 0.15) is 13.8 Å². The summed E-state index contributed by atoms with van der Waals surface area (Å²) < 4.78 is 0. The molecule has 0 fully saturated rings. The van der Waals surface area contributed by atoms with Gasteiger partial charge in [0.1, 0.15) is 5.84 Å². The molecule has 0 aromatic rings. The Bertz CT molecular complexity index is 170. The summed E-state index contributed by atoms with van der Waals surface area (Å²) in [5, 5.41) is 0. The highest BCUT2D eigenvalue weighted by Crippen LogP contribution is 1.95. The smallest absolute Gasteiger partial charge is 0.124 e. The van der Waals surface area contributed by atoms with Gasteiger partial charge in [-0.1, -0.05) is 0 Å². The number of rotatable bonds is 2. The molecule has 0 amide bonds. The van der Waals surface area contributed by atoms with E-state index in [1.807, 2.05) is 6.92 Å². The van der Waals surface area contributed by atoms with Gasteiger partial charge in [0.15, 0.2) is 0 Å². The molecule has 10 heavy (non-hydrogen) atoms. The van der Waals surface area contributed by atoms with E-state index < -0.39 is 0 Å². The van der Waals surface area contributed by atoms with E-state index in [4.69, 9.17) is 11.6 Å². The van der Waals surface area contributed by atoms with Gasteiger partial charge in [-0.25, -0.2) is 9.98 Å². The van der Waals surface area contributed by atoms with Crippen molar-refractivity contribution in [1.82, 2.24) is 0 Å².